The second kappa shape index (κ2) is 8.21. The number of nitrogens with zero attached hydrogens (tertiary/aromatic N) is 5. The van der Waals surface area contributed by atoms with Crippen molar-refractivity contribution in [3.05, 3.63) is 71.8 Å². The van der Waals surface area contributed by atoms with Crippen molar-refractivity contribution in [2.75, 3.05) is 12.4 Å². The number of carbonyl (C=O) groups excluding carboxylic acids is 1. The number of hydrogen-bond acceptors (Lipinski definition) is 7. The molecule has 0 radical (unpaired) electrons. The standard InChI is InChI=1S/C20H14F4N6O2/c1-32-18(31)11-2-3-15-14(6-11)29-19(20(22,23)24)30(15)17-10-27-16(9-28-17)26-7-12-4-5-25-8-13(12)21/h2-6,8-10H,7H2,1H3,(H,26,27). The van der Waals surface area contributed by atoms with Crippen LogP contribution in [0, 0.1) is 5.82 Å². The van der Waals surface area contributed by atoms with E-state index in [2.05, 4.69) is 30.0 Å². The summed E-state index contributed by atoms with van der Waals surface area (Å²) in [6, 6.07) is 5.35. The van der Waals surface area contributed by atoms with Gasteiger partial charge in [0.15, 0.2) is 5.82 Å². The maximum atomic E-state index is 13.7. The van der Waals surface area contributed by atoms with E-state index in [9.17, 15) is 22.4 Å². The zero-order valence-corrected chi connectivity index (χ0v) is 16.4. The molecule has 3 heterocycles. The Bertz CT molecular complexity index is 1290. The number of carbonyl (C=O) groups is 1. The third kappa shape index (κ3) is 4.06. The average molecular weight is 446 g/mol. The molecule has 0 spiro atoms. The Labute approximate surface area is 177 Å². The monoisotopic (exact) mass is 446 g/mol. The molecule has 0 amide bonds. The highest BCUT2D eigenvalue weighted by Crippen LogP contribution is 2.33. The first-order valence-corrected chi connectivity index (χ1v) is 9.10. The molecule has 8 nitrogen and oxygen atoms in total. The third-order valence-corrected chi connectivity index (χ3v) is 4.51. The molecule has 0 fully saturated rings. The van der Waals surface area contributed by atoms with Crippen molar-refractivity contribution in [3.8, 4) is 5.82 Å². The Morgan fingerprint density at radius 2 is 1.97 bits per heavy atom. The number of alkyl halides is 3. The minimum Gasteiger partial charge on any atom is -0.465 e. The van der Waals surface area contributed by atoms with Gasteiger partial charge in [0.1, 0.15) is 11.6 Å². The number of pyridine rings is 1. The highest BCUT2D eigenvalue weighted by molar-refractivity contribution is 5.94. The van der Waals surface area contributed by atoms with Crippen molar-refractivity contribution in [3.63, 3.8) is 0 Å². The van der Waals surface area contributed by atoms with Crippen LogP contribution in [-0.4, -0.2) is 37.6 Å². The fourth-order valence-corrected chi connectivity index (χ4v) is 3.01. The van der Waals surface area contributed by atoms with E-state index < -0.39 is 23.8 Å². The summed E-state index contributed by atoms with van der Waals surface area (Å²) in [5.41, 5.74) is 0.427. The molecule has 0 atom stereocenters. The normalized spacial score (nSPS) is 11.5. The SMILES string of the molecule is COC(=O)c1ccc2c(c1)nc(C(F)(F)F)n2-c1cnc(NCc2ccncc2F)cn1. The molecule has 4 rings (SSSR count). The summed E-state index contributed by atoms with van der Waals surface area (Å²) in [7, 11) is 1.17. The predicted octanol–water partition coefficient (Wildman–Crippen LogP) is 3.77. The third-order valence-electron chi connectivity index (χ3n) is 4.51. The summed E-state index contributed by atoms with van der Waals surface area (Å²) in [6.45, 7) is 0.0838. The molecular formula is C20H14F4N6O2. The van der Waals surface area contributed by atoms with Gasteiger partial charge in [-0.3, -0.25) is 9.55 Å². The lowest BCUT2D eigenvalue weighted by molar-refractivity contribution is -0.145. The Morgan fingerprint density at radius 3 is 2.62 bits per heavy atom. The van der Waals surface area contributed by atoms with Gasteiger partial charge in [-0.1, -0.05) is 0 Å². The first-order valence-electron chi connectivity index (χ1n) is 9.10. The van der Waals surface area contributed by atoms with Crippen LogP contribution in [0.2, 0.25) is 0 Å². The van der Waals surface area contributed by atoms with E-state index in [1.54, 1.807) is 0 Å². The number of fused-ring (bicyclic) bond motifs is 1. The second-order valence-electron chi connectivity index (χ2n) is 6.54. The molecule has 1 N–H and O–H groups in total. The minimum atomic E-state index is -4.79. The number of methoxy groups -OCH3 is 1. The fourth-order valence-electron chi connectivity index (χ4n) is 3.01. The summed E-state index contributed by atoms with van der Waals surface area (Å²) in [5, 5.41) is 2.84. The molecule has 3 aromatic heterocycles. The number of halogens is 4. The number of benzene rings is 1. The van der Waals surface area contributed by atoms with E-state index in [0.29, 0.717) is 5.56 Å². The molecule has 0 saturated carbocycles. The Morgan fingerprint density at radius 1 is 1.16 bits per heavy atom. The smallest absolute Gasteiger partial charge is 0.450 e. The van der Waals surface area contributed by atoms with Gasteiger partial charge in [0.2, 0.25) is 5.82 Å². The van der Waals surface area contributed by atoms with Gasteiger partial charge in [0.25, 0.3) is 0 Å². The largest absolute Gasteiger partial charge is 0.465 e. The van der Waals surface area contributed by atoms with Crippen LogP contribution in [0.25, 0.3) is 16.9 Å². The van der Waals surface area contributed by atoms with E-state index in [-0.39, 0.29) is 34.8 Å². The van der Waals surface area contributed by atoms with E-state index in [1.165, 1.54) is 43.8 Å². The first-order chi connectivity index (χ1) is 15.3. The van der Waals surface area contributed by atoms with E-state index in [0.717, 1.165) is 17.0 Å². The van der Waals surface area contributed by atoms with E-state index >= 15 is 0 Å². The summed E-state index contributed by atoms with van der Waals surface area (Å²) >= 11 is 0. The van der Waals surface area contributed by atoms with Gasteiger partial charge in [-0.05, 0) is 24.3 Å². The molecule has 0 aliphatic heterocycles. The lowest BCUT2D eigenvalue weighted by Crippen LogP contribution is -2.15. The quantitative estimate of drug-likeness (QED) is 0.368. The van der Waals surface area contributed by atoms with Gasteiger partial charge >= 0.3 is 12.1 Å². The number of aromatic nitrogens is 5. The van der Waals surface area contributed by atoms with Crippen LogP contribution < -0.4 is 5.32 Å². The van der Waals surface area contributed by atoms with Crippen LogP contribution in [0.1, 0.15) is 21.7 Å². The van der Waals surface area contributed by atoms with E-state index in [4.69, 9.17) is 0 Å². The number of ether oxygens (including phenoxy) is 1. The van der Waals surface area contributed by atoms with Crippen molar-refractivity contribution >= 4 is 22.8 Å². The lowest BCUT2D eigenvalue weighted by atomic mass is 10.2. The number of rotatable bonds is 5. The lowest BCUT2D eigenvalue weighted by Gasteiger charge is -2.11. The van der Waals surface area contributed by atoms with E-state index in [1.807, 2.05) is 0 Å². The highest BCUT2D eigenvalue weighted by atomic mass is 19.4. The molecule has 1 aromatic carbocycles. The van der Waals surface area contributed by atoms with Gasteiger partial charge in [-0.25, -0.2) is 24.1 Å². The molecule has 164 valence electrons. The van der Waals surface area contributed by atoms with Gasteiger partial charge in [0.05, 0.1) is 42.3 Å². The molecule has 0 unspecified atom stereocenters. The molecule has 32 heavy (non-hydrogen) atoms. The highest BCUT2D eigenvalue weighted by Gasteiger charge is 2.38. The van der Waals surface area contributed by atoms with Crippen LogP contribution in [0.15, 0.2) is 49.1 Å². The van der Waals surface area contributed by atoms with Crippen molar-refractivity contribution in [1.82, 2.24) is 24.5 Å². The molecule has 0 aliphatic rings. The number of hydrogen-bond donors (Lipinski definition) is 1. The average Bonchev–Trinajstić information content (AvgIpc) is 3.18. The van der Waals surface area contributed by atoms with Crippen molar-refractivity contribution < 1.29 is 27.1 Å². The zero-order valence-electron chi connectivity index (χ0n) is 16.4. The number of imidazole rings is 1. The summed E-state index contributed by atoms with van der Waals surface area (Å²) in [5.74, 6) is -2.32. The second-order valence-corrected chi connectivity index (χ2v) is 6.54. The zero-order chi connectivity index (χ0) is 22.9. The summed E-state index contributed by atoms with van der Waals surface area (Å²) in [6.07, 6.45) is 0.0739. The van der Waals surface area contributed by atoms with Crippen LogP contribution in [0.3, 0.4) is 0 Å². The fraction of sp³-hybridized carbons (Fsp3) is 0.150. The van der Waals surface area contributed by atoms with Crippen molar-refractivity contribution in [2.45, 2.75) is 12.7 Å². The predicted molar refractivity (Wildman–Crippen MR) is 105 cm³/mol. The molecule has 4 aromatic rings. The van der Waals surface area contributed by atoms with Gasteiger partial charge in [-0.2, -0.15) is 13.2 Å². The van der Waals surface area contributed by atoms with Crippen LogP contribution in [0.5, 0.6) is 0 Å². The first kappa shape index (κ1) is 21.2. The summed E-state index contributed by atoms with van der Waals surface area (Å²) < 4.78 is 60.0. The Hall–Kier alpha value is -4.09. The van der Waals surface area contributed by atoms with Gasteiger partial charge in [0, 0.05) is 18.3 Å². The minimum absolute atomic E-state index is 0.0580. The van der Waals surface area contributed by atoms with Crippen molar-refractivity contribution in [1.29, 1.82) is 0 Å². The van der Waals surface area contributed by atoms with Gasteiger partial charge in [-0.15, -0.1) is 0 Å². The number of anilines is 1. The van der Waals surface area contributed by atoms with Crippen LogP contribution in [-0.2, 0) is 17.5 Å². The molecular weight excluding hydrogens is 432 g/mol. The van der Waals surface area contributed by atoms with Crippen molar-refractivity contribution in [2.24, 2.45) is 0 Å². The maximum absolute atomic E-state index is 13.7. The summed E-state index contributed by atoms with van der Waals surface area (Å²) in [4.78, 5) is 27.1. The van der Waals surface area contributed by atoms with Crippen LogP contribution in [0.4, 0.5) is 23.4 Å². The topological polar surface area (TPSA) is 94.8 Å². The molecule has 0 saturated heterocycles. The molecule has 12 heteroatoms. The van der Waals surface area contributed by atoms with Gasteiger partial charge < -0.3 is 10.1 Å². The number of esters is 1. The maximum Gasteiger partial charge on any atom is 0.450 e. The van der Waals surface area contributed by atoms with Crippen LogP contribution >= 0.6 is 0 Å². The Balaban J connectivity index is 1.69. The molecule has 0 aliphatic carbocycles. The Kier molecular flexibility index (Phi) is 5.43. The molecule has 0 bridgehead atoms. The number of nitrogens with one attached hydrogen (secondary N) is 1.